The molecule has 0 fully saturated rings. The van der Waals surface area contributed by atoms with Crippen LogP contribution in [-0.2, 0) is 11.3 Å². The zero-order chi connectivity index (χ0) is 11.4. The summed E-state index contributed by atoms with van der Waals surface area (Å²) < 4.78 is 1.11. The fourth-order valence-electron chi connectivity index (χ4n) is 1.80. The van der Waals surface area contributed by atoms with Crippen molar-refractivity contribution in [3.8, 4) is 0 Å². The Labute approximate surface area is 108 Å². The van der Waals surface area contributed by atoms with E-state index in [1.54, 1.807) is 11.3 Å². The topological polar surface area (TPSA) is 29.1 Å². The van der Waals surface area contributed by atoms with E-state index in [-0.39, 0.29) is 11.8 Å². The van der Waals surface area contributed by atoms with Crippen LogP contribution in [0.25, 0.3) is 0 Å². The second-order valence-corrected chi connectivity index (χ2v) is 6.25. The van der Waals surface area contributed by atoms with Crippen LogP contribution in [0.5, 0.6) is 0 Å². The average molecular weight is 300 g/mol. The number of hydrogen-bond donors (Lipinski definition) is 1. The van der Waals surface area contributed by atoms with Gasteiger partial charge in [0, 0.05) is 12.5 Å². The third kappa shape index (κ3) is 3.19. The van der Waals surface area contributed by atoms with Crippen molar-refractivity contribution in [2.24, 2.45) is 5.92 Å². The average Bonchev–Trinajstić information content (AvgIpc) is 2.73. The molecule has 16 heavy (non-hydrogen) atoms. The highest BCUT2D eigenvalue weighted by Gasteiger charge is 2.18. The van der Waals surface area contributed by atoms with Crippen molar-refractivity contribution in [3.05, 3.63) is 32.9 Å². The van der Waals surface area contributed by atoms with Gasteiger partial charge in [-0.15, -0.1) is 11.3 Å². The SMILES string of the molecule is O=C(NCc1csc(Br)c1)[C@H]1CC=CCC1. The van der Waals surface area contributed by atoms with Crippen LogP contribution in [0.4, 0.5) is 0 Å². The second-order valence-electron chi connectivity index (χ2n) is 3.96. The summed E-state index contributed by atoms with van der Waals surface area (Å²) in [7, 11) is 0. The van der Waals surface area contributed by atoms with Crippen LogP contribution in [0.3, 0.4) is 0 Å². The number of carbonyl (C=O) groups excluding carboxylic acids is 1. The summed E-state index contributed by atoms with van der Waals surface area (Å²) in [4.78, 5) is 11.8. The Kier molecular flexibility index (Phi) is 4.18. The maximum atomic E-state index is 11.8. The fraction of sp³-hybridized carbons (Fsp3) is 0.417. The summed E-state index contributed by atoms with van der Waals surface area (Å²) in [5.74, 6) is 0.360. The normalized spacial score (nSPS) is 19.7. The Morgan fingerprint density at radius 2 is 2.44 bits per heavy atom. The molecular formula is C12H14BrNOS. The number of carbonyl (C=O) groups is 1. The maximum Gasteiger partial charge on any atom is 0.223 e. The van der Waals surface area contributed by atoms with Crippen LogP contribution in [0.2, 0.25) is 0 Å². The summed E-state index contributed by atoms with van der Waals surface area (Å²) in [6.07, 6.45) is 7.16. The summed E-state index contributed by atoms with van der Waals surface area (Å²) in [6, 6.07) is 2.05. The molecule has 1 amide bonds. The van der Waals surface area contributed by atoms with Crippen molar-refractivity contribution in [1.82, 2.24) is 5.32 Å². The number of halogens is 1. The van der Waals surface area contributed by atoms with Gasteiger partial charge in [-0.2, -0.15) is 0 Å². The van der Waals surface area contributed by atoms with Crippen molar-refractivity contribution in [3.63, 3.8) is 0 Å². The van der Waals surface area contributed by atoms with Crippen LogP contribution < -0.4 is 5.32 Å². The van der Waals surface area contributed by atoms with Gasteiger partial charge in [0.05, 0.1) is 3.79 Å². The van der Waals surface area contributed by atoms with E-state index in [1.807, 2.05) is 6.07 Å². The summed E-state index contributed by atoms with van der Waals surface area (Å²) in [5, 5.41) is 5.06. The molecule has 1 aromatic rings. The fourth-order valence-corrected chi connectivity index (χ4v) is 3.01. The van der Waals surface area contributed by atoms with Crippen LogP contribution >= 0.6 is 27.3 Å². The molecule has 2 nitrogen and oxygen atoms in total. The zero-order valence-electron chi connectivity index (χ0n) is 8.91. The number of nitrogens with one attached hydrogen (secondary N) is 1. The first-order valence-electron chi connectivity index (χ1n) is 5.41. The van der Waals surface area contributed by atoms with Crippen molar-refractivity contribution in [2.45, 2.75) is 25.8 Å². The van der Waals surface area contributed by atoms with Crippen LogP contribution in [0.1, 0.15) is 24.8 Å². The summed E-state index contributed by atoms with van der Waals surface area (Å²) in [5.41, 5.74) is 1.16. The Balaban J connectivity index is 1.81. The second kappa shape index (κ2) is 5.64. The highest BCUT2D eigenvalue weighted by molar-refractivity contribution is 9.11. The third-order valence-corrected chi connectivity index (χ3v) is 4.28. The Hall–Kier alpha value is -0.610. The van der Waals surface area contributed by atoms with E-state index in [4.69, 9.17) is 0 Å². The van der Waals surface area contributed by atoms with E-state index in [0.717, 1.165) is 28.6 Å². The van der Waals surface area contributed by atoms with Gasteiger partial charge in [-0.3, -0.25) is 4.79 Å². The predicted molar refractivity (Wildman–Crippen MR) is 70.3 cm³/mol. The molecule has 1 aliphatic carbocycles. The molecule has 0 saturated carbocycles. The zero-order valence-corrected chi connectivity index (χ0v) is 11.3. The smallest absolute Gasteiger partial charge is 0.223 e. The van der Waals surface area contributed by atoms with E-state index in [2.05, 4.69) is 38.8 Å². The van der Waals surface area contributed by atoms with Gasteiger partial charge < -0.3 is 5.32 Å². The molecule has 4 heteroatoms. The van der Waals surface area contributed by atoms with E-state index < -0.39 is 0 Å². The standard InChI is InChI=1S/C12H14BrNOS/c13-11-6-9(8-16-11)7-14-12(15)10-4-2-1-3-5-10/h1-2,6,8,10H,3-5,7H2,(H,14,15)/t10-/m0/s1. The lowest BCUT2D eigenvalue weighted by Gasteiger charge is -2.16. The van der Waals surface area contributed by atoms with Gasteiger partial charge in [0.2, 0.25) is 5.91 Å². The molecule has 1 aliphatic rings. The summed E-state index contributed by atoms with van der Waals surface area (Å²) >= 11 is 5.06. The third-order valence-electron chi connectivity index (χ3n) is 2.73. The van der Waals surface area contributed by atoms with Crippen LogP contribution in [0.15, 0.2) is 27.4 Å². The van der Waals surface area contributed by atoms with E-state index in [9.17, 15) is 4.79 Å². The molecule has 0 bridgehead atoms. The van der Waals surface area contributed by atoms with Gasteiger partial charge in [0.15, 0.2) is 0 Å². The molecule has 1 aromatic heterocycles. The molecule has 0 aromatic carbocycles. The van der Waals surface area contributed by atoms with Gasteiger partial charge in [0.25, 0.3) is 0 Å². The van der Waals surface area contributed by atoms with Crippen LogP contribution in [0, 0.1) is 5.92 Å². The first-order valence-corrected chi connectivity index (χ1v) is 7.08. The van der Waals surface area contributed by atoms with E-state index in [1.165, 1.54) is 0 Å². The molecular weight excluding hydrogens is 286 g/mol. The number of rotatable bonds is 3. The van der Waals surface area contributed by atoms with Gasteiger partial charge in [0.1, 0.15) is 0 Å². The lowest BCUT2D eigenvalue weighted by Crippen LogP contribution is -2.30. The monoisotopic (exact) mass is 299 g/mol. The van der Waals surface area contributed by atoms with Gasteiger partial charge >= 0.3 is 0 Å². The molecule has 1 atom stereocenters. The molecule has 1 heterocycles. The van der Waals surface area contributed by atoms with Crippen molar-refractivity contribution < 1.29 is 4.79 Å². The molecule has 1 N–H and O–H groups in total. The van der Waals surface area contributed by atoms with Crippen molar-refractivity contribution in [2.75, 3.05) is 0 Å². The molecule has 2 rings (SSSR count). The molecule has 0 spiro atoms. The minimum absolute atomic E-state index is 0.173. The largest absolute Gasteiger partial charge is 0.352 e. The van der Waals surface area contributed by atoms with Crippen LogP contribution in [-0.4, -0.2) is 5.91 Å². The highest BCUT2D eigenvalue weighted by atomic mass is 79.9. The molecule has 0 radical (unpaired) electrons. The number of allylic oxidation sites excluding steroid dienone is 2. The first-order chi connectivity index (χ1) is 7.75. The Bertz CT molecular complexity index is 399. The van der Waals surface area contributed by atoms with Gasteiger partial charge in [-0.1, -0.05) is 12.2 Å². The number of amides is 1. The van der Waals surface area contributed by atoms with Crippen molar-refractivity contribution >= 4 is 33.2 Å². The predicted octanol–water partition coefficient (Wildman–Crippen LogP) is 3.48. The Morgan fingerprint density at radius 3 is 3.06 bits per heavy atom. The van der Waals surface area contributed by atoms with Gasteiger partial charge in [-0.05, 0) is 52.2 Å². The first kappa shape index (κ1) is 11.9. The van der Waals surface area contributed by atoms with E-state index >= 15 is 0 Å². The Morgan fingerprint density at radius 1 is 1.56 bits per heavy atom. The highest BCUT2D eigenvalue weighted by Crippen LogP contribution is 2.21. The number of hydrogen-bond acceptors (Lipinski definition) is 2. The quantitative estimate of drug-likeness (QED) is 0.851. The summed E-state index contributed by atoms with van der Waals surface area (Å²) in [6.45, 7) is 0.640. The molecule has 86 valence electrons. The number of thiophene rings is 1. The lowest BCUT2D eigenvalue weighted by atomic mass is 9.94. The molecule has 0 aliphatic heterocycles. The maximum absolute atomic E-state index is 11.8. The minimum Gasteiger partial charge on any atom is -0.352 e. The van der Waals surface area contributed by atoms with E-state index in [0.29, 0.717) is 6.54 Å². The van der Waals surface area contributed by atoms with Crippen molar-refractivity contribution in [1.29, 1.82) is 0 Å². The molecule has 0 saturated heterocycles. The molecule has 0 unspecified atom stereocenters. The lowest BCUT2D eigenvalue weighted by molar-refractivity contribution is -0.125. The minimum atomic E-state index is 0.173. The van der Waals surface area contributed by atoms with Gasteiger partial charge in [-0.25, -0.2) is 0 Å².